The van der Waals surface area contributed by atoms with Crippen LogP contribution in [0.1, 0.15) is 23.6 Å². The monoisotopic (exact) mass is 558 g/mol. The summed E-state index contributed by atoms with van der Waals surface area (Å²) in [5.41, 5.74) is 3.04. The van der Waals surface area contributed by atoms with Gasteiger partial charge >= 0.3 is 0 Å². The van der Waals surface area contributed by atoms with Crippen molar-refractivity contribution in [2.24, 2.45) is 0 Å². The van der Waals surface area contributed by atoms with Crippen LogP contribution >= 0.6 is 15.9 Å². The topological polar surface area (TPSA) is 58.6 Å². The molecule has 0 spiro atoms. The number of likely N-dealkylation sites (N-methyl/N-ethyl adjacent to an activating group) is 1. The zero-order chi connectivity index (χ0) is 26.2. The van der Waals surface area contributed by atoms with Gasteiger partial charge in [0.2, 0.25) is 5.91 Å². The number of hydrogen-bond donors (Lipinski definition) is 1. The molecule has 5 nitrogen and oxygen atoms in total. The van der Waals surface area contributed by atoms with Gasteiger partial charge in [-0.3, -0.25) is 9.59 Å². The summed E-state index contributed by atoms with van der Waals surface area (Å²) < 4.78 is 6.83. The van der Waals surface area contributed by atoms with E-state index in [9.17, 15) is 9.59 Å². The van der Waals surface area contributed by atoms with Gasteiger partial charge in [0.25, 0.3) is 5.91 Å². The van der Waals surface area contributed by atoms with E-state index in [1.165, 1.54) is 0 Å². The highest BCUT2D eigenvalue weighted by atomic mass is 79.9. The SMILES string of the molecule is CCNC(=O)[C@@H](Cc1ccccc1)N(Cc1ccccc1C)C(=O)COc1ccc2ccccc2c1Br. The molecule has 0 unspecified atom stereocenters. The number of aryl methyl sites for hydroxylation is 1. The summed E-state index contributed by atoms with van der Waals surface area (Å²) in [7, 11) is 0. The lowest BCUT2D eigenvalue weighted by atomic mass is 10.0. The van der Waals surface area contributed by atoms with Crippen molar-refractivity contribution in [3.63, 3.8) is 0 Å². The van der Waals surface area contributed by atoms with E-state index in [-0.39, 0.29) is 18.4 Å². The van der Waals surface area contributed by atoms with Crippen molar-refractivity contribution in [2.45, 2.75) is 32.9 Å². The predicted molar refractivity (Wildman–Crippen MR) is 151 cm³/mol. The van der Waals surface area contributed by atoms with Gasteiger partial charge < -0.3 is 15.0 Å². The summed E-state index contributed by atoms with van der Waals surface area (Å²) in [5.74, 6) is 0.149. The number of carbonyl (C=O) groups excluding carboxylic acids is 2. The summed E-state index contributed by atoms with van der Waals surface area (Å²) in [6.07, 6.45) is 0.407. The van der Waals surface area contributed by atoms with Gasteiger partial charge in [-0.25, -0.2) is 0 Å². The van der Waals surface area contributed by atoms with Crippen molar-refractivity contribution >= 4 is 38.5 Å². The number of benzene rings is 4. The molecule has 0 fully saturated rings. The zero-order valence-corrected chi connectivity index (χ0v) is 22.7. The predicted octanol–water partition coefficient (Wildman–Crippen LogP) is 6.07. The average Bonchev–Trinajstić information content (AvgIpc) is 2.92. The van der Waals surface area contributed by atoms with Crippen LogP contribution in [-0.4, -0.2) is 35.9 Å². The molecular weight excluding hydrogens is 528 g/mol. The average molecular weight is 560 g/mol. The number of carbonyl (C=O) groups is 2. The van der Waals surface area contributed by atoms with Gasteiger partial charge in [0, 0.05) is 19.5 Å². The van der Waals surface area contributed by atoms with Crippen molar-refractivity contribution in [3.8, 4) is 5.75 Å². The fourth-order valence-corrected chi connectivity index (χ4v) is 4.97. The molecule has 1 atom stereocenters. The second-order valence-electron chi connectivity index (χ2n) is 8.94. The highest BCUT2D eigenvalue weighted by Gasteiger charge is 2.30. The molecule has 2 amide bonds. The van der Waals surface area contributed by atoms with E-state index in [1.807, 2.05) is 105 Å². The van der Waals surface area contributed by atoms with Crippen molar-refractivity contribution in [1.82, 2.24) is 10.2 Å². The summed E-state index contributed by atoms with van der Waals surface area (Å²) in [4.78, 5) is 28.7. The Balaban J connectivity index is 1.63. The van der Waals surface area contributed by atoms with Gasteiger partial charge in [0.15, 0.2) is 6.61 Å². The lowest BCUT2D eigenvalue weighted by Gasteiger charge is -2.32. The highest BCUT2D eigenvalue weighted by Crippen LogP contribution is 2.33. The number of hydrogen-bond acceptors (Lipinski definition) is 3. The Morgan fingerprint density at radius 3 is 2.38 bits per heavy atom. The Hall–Kier alpha value is -3.64. The Morgan fingerprint density at radius 2 is 1.62 bits per heavy atom. The first kappa shape index (κ1) is 26.4. The summed E-state index contributed by atoms with van der Waals surface area (Å²) in [6.45, 7) is 4.50. The minimum atomic E-state index is -0.682. The molecule has 1 N–H and O–H groups in total. The van der Waals surface area contributed by atoms with Gasteiger partial charge in [-0.05, 0) is 63.3 Å². The molecule has 0 aliphatic carbocycles. The molecule has 6 heteroatoms. The second kappa shape index (κ2) is 12.5. The van der Waals surface area contributed by atoms with Crippen LogP contribution in [0, 0.1) is 6.92 Å². The van der Waals surface area contributed by atoms with Crippen LogP contribution in [-0.2, 0) is 22.6 Å². The molecule has 0 saturated carbocycles. The number of rotatable bonds is 10. The quantitative estimate of drug-likeness (QED) is 0.257. The van der Waals surface area contributed by atoms with Crippen LogP contribution in [0.3, 0.4) is 0 Å². The fraction of sp³-hybridized carbons (Fsp3) is 0.226. The maximum absolute atomic E-state index is 13.8. The zero-order valence-electron chi connectivity index (χ0n) is 21.1. The van der Waals surface area contributed by atoms with Crippen molar-refractivity contribution in [3.05, 3.63) is 112 Å². The Morgan fingerprint density at radius 1 is 0.919 bits per heavy atom. The first-order valence-electron chi connectivity index (χ1n) is 12.4. The van der Waals surface area contributed by atoms with Crippen LogP contribution in [0.25, 0.3) is 10.8 Å². The van der Waals surface area contributed by atoms with Crippen molar-refractivity contribution < 1.29 is 14.3 Å². The standard InChI is InChI=1S/C31H31BrN2O3/c1-3-33-31(36)27(19-23-12-5-4-6-13-23)34(20-25-15-8-7-11-22(25)2)29(35)21-37-28-18-17-24-14-9-10-16-26(24)30(28)32/h4-18,27H,3,19-21H2,1-2H3,(H,33,36)/t27-/m1/s1. The molecule has 0 bridgehead atoms. The number of nitrogens with zero attached hydrogens (tertiary/aromatic N) is 1. The molecule has 0 heterocycles. The first-order chi connectivity index (χ1) is 18.0. The van der Waals surface area contributed by atoms with Crippen LogP contribution in [0.5, 0.6) is 5.75 Å². The van der Waals surface area contributed by atoms with Gasteiger partial charge in [-0.1, -0.05) is 84.9 Å². The number of fused-ring (bicyclic) bond motifs is 1. The van der Waals surface area contributed by atoms with Crippen molar-refractivity contribution in [2.75, 3.05) is 13.2 Å². The second-order valence-corrected chi connectivity index (χ2v) is 9.73. The number of halogens is 1. The Labute approximate surface area is 226 Å². The van der Waals surface area contributed by atoms with Gasteiger partial charge in [0.1, 0.15) is 11.8 Å². The normalized spacial score (nSPS) is 11.6. The fourth-order valence-electron chi connectivity index (χ4n) is 4.36. The van der Waals surface area contributed by atoms with E-state index in [2.05, 4.69) is 21.2 Å². The van der Waals surface area contributed by atoms with Crippen LogP contribution < -0.4 is 10.1 Å². The molecule has 4 aromatic rings. The molecular formula is C31H31BrN2O3. The largest absolute Gasteiger partial charge is 0.483 e. The van der Waals surface area contributed by atoms with Crippen LogP contribution in [0.15, 0.2) is 95.5 Å². The minimum Gasteiger partial charge on any atom is -0.483 e. The smallest absolute Gasteiger partial charge is 0.261 e. The molecule has 4 rings (SSSR count). The number of amides is 2. The summed E-state index contributed by atoms with van der Waals surface area (Å²) in [6, 6.07) is 28.8. The third-order valence-electron chi connectivity index (χ3n) is 6.40. The molecule has 0 aliphatic heterocycles. The lowest BCUT2D eigenvalue weighted by Crippen LogP contribution is -2.51. The Bertz CT molecular complexity index is 1370. The van der Waals surface area contributed by atoms with Crippen LogP contribution in [0.4, 0.5) is 0 Å². The third kappa shape index (κ3) is 6.57. The van der Waals surface area contributed by atoms with E-state index in [0.717, 1.165) is 31.9 Å². The maximum Gasteiger partial charge on any atom is 0.261 e. The molecule has 190 valence electrons. The minimum absolute atomic E-state index is 0.180. The van der Waals surface area contributed by atoms with Crippen LogP contribution in [0.2, 0.25) is 0 Å². The molecule has 0 aromatic heterocycles. The summed E-state index contributed by atoms with van der Waals surface area (Å²) >= 11 is 3.64. The van der Waals surface area contributed by atoms with E-state index < -0.39 is 6.04 Å². The van der Waals surface area contributed by atoms with E-state index in [1.54, 1.807) is 4.90 Å². The first-order valence-corrected chi connectivity index (χ1v) is 13.2. The Kier molecular flexibility index (Phi) is 8.96. The third-order valence-corrected chi connectivity index (χ3v) is 7.22. The maximum atomic E-state index is 13.8. The highest BCUT2D eigenvalue weighted by molar-refractivity contribution is 9.10. The van der Waals surface area contributed by atoms with E-state index in [4.69, 9.17) is 4.74 Å². The number of ether oxygens (including phenoxy) is 1. The molecule has 0 radical (unpaired) electrons. The summed E-state index contributed by atoms with van der Waals surface area (Å²) in [5, 5.41) is 5.01. The van der Waals surface area contributed by atoms with E-state index >= 15 is 0 Å². The van der Waals surface area contributed by atoms with Gasteiger partial charge in [-0.15, -0.1) is 0 Å². The van der Waals surface area contributed by atoms with Gasteiger partial charge in [0.05, 0.1) is 4.47 Å². The molecule has 37 heavy (non-hydrogen) atoms. The van der Waals surface area contributed by atoms with Gasteiger partial charge in [-0.2, -0.15) is 0 Å². The van der Waals surface area contributed by atoms with E-state index in [0.29, 0.717) is 25.3 Å². The molecule has 0 aliphatic rings. The van der Waals surface area contributed by atoms with Crippen molar-refractivity contribution in [1.29, 1.82) is 0 Å². The molecule has 0 saturated heterocycles. The lowest BCUT2D eigenvalue weighted by molar-refractivity contribution is -0.142. The number of nitrogens with one attached hydrogen (secondary N) is 1. The molecule has 4 aromatic carbocycles.